The molecule has 6 nitrogen and oxygen atoms in total. The van der Waals surface area contributed by atoms with Gasteiger partial charge in [0, 0.05) is 14.1 Å². The Morgan fingerprint density at radius 2 is 1.94 bits per heavy atom. The lowest BCUT2D eigenvalue weighted by molar-refractivity contribution is 0.474. The van der Waals surface area contributed by atoms with E-state index in [2.05, 4.69) is 9.97 Å². The number of aryl methyl sites for hydroxylation is 1. The molecule has 17 heavy (non-hydrogen) atoms. The molecule has 0 aliphatic carbocycles. The molecule has 0 aliphatic heterocycles. The molecule has 0 aromatic carbocycles. The van der Waals surface area contributed by atoms with E-state index in [4.69, 9.17) is 4.43 Å². The molecular weight excluding hydrogens is 236 g/mol. The molecule has 0 N–H and O–H groups in total. The topological polar surface area (TPSA) is 61.9 Å². The number of fused-ring (bicyclic) bond motifs is 1. The molecule has 92 valence electrons. The zero-order valence-corrected chi connectivity index (χ0v) is 11.7. The van der Waals surface area contributed by atoms with Gasteiger partial charge in [0.1, 0.15) is 0 Å². The molecule has 2 heterocycles. The lowest BCUT2D eigenvalue weighted by atomic mass is 10.5. The van der Waals surface area contributed by atoms with Gasteiger partial charge in [0.25, 0.3) is 11.6 Å². The second-order valence-electron chi connectivity index (χ2n) is 5.00. The first-order chi connectivity index (χ1) is 7.79. The van der Waals surface area contributed by atoms with Crippen molar-refractivity contribution in [3.05, 3.63) is 16.7 Å². The number of rotatable bonds is 2. The van der Waals surface area contributed by atoms with Gasteiger partial charge in [-0.15, -0.1) is 0 Å². The van der Waals surface area contributed by atoms with Crippen LogP contribution >= 0.6 is 0 Å². The van der Waals surface area contributed by atoms with Crippen LogP contribution < -0.4 is 9.99 Å². The number of nitrogens with zero attached hydrogens (tertiary/aromatic N) is 4. The minimum atomic E-state index is -1.79. The number of hydrogen-bond acceptors (Lipinski definition) is 4. The highest BCUT2D eigenvalue weighted by atomic mass is 28.4. The van der Waals surface area contributed by atoms with Crippen molar-refractivity contribution < 1.29 is 4.43 Å². The first kappa shape index (κ1) is 11.8. The van der Waals surface area contributed by atoms with Crippen LogP contribution in [0.4, 0.5) is 0 Å². The van der Waals surface area contributed by atoms with Crippen LogP contribution in [-0.2, 0) is 14.1 Å². The molecular formula is C10H16N4O2Si. The normalized spacial score (nSPS) is 12.1. The van der Waals surface area contributed by atoms with E-state index in [1.807, 2.05) is 19.6 Å². The molecule has 0 radical (unpaired) electrons. The van der Waals surface area contributed by atoms with Gasteiger partial charge >= 0.3 is 0 Å². The highest BCUT2D eigenvalue weighted by Gasteiger charge is 2.21. The SMILES string of the molecule is Cn1c(O[Si](C)(C)C)nc2c(ncn2C)c1=O. The monoisotopic (exact) mass is 252 g/mol. The fraction of sp³-hybridized carbons (Fsp3) is 0.500. The Labute approximate surface area is 100 Å². The van der Waals surface area contributed by atoms with Crippen molar-refractivity contribution in [3.63, 3.8) is 0 Å². The van der Waals surface area contributed by atoms with Gasteiger partial charge in [-0.1, -0.05) is 0 Å². The van der Waals surface area contributed by atoms with Crippen molar-refractivity contribution in [2.45, 2.75) is 19.6 Å². The van der Waals surface area contributed by atoms with Crippen molar-refractivity contribution in [1.29, 1.82) is 0 Å². The van der Waals surface area contributed by atoms with Crippen LogP contribution in [0.15, 0.2) is 11.1 Å². The first-order valence-corrected chi connectivity index (χ1v) is 8.77. The standard InChI is InChI=1S/C10H16N4O2Si/c1-13-6-11-7-8(13)12-10(14(2)9(7)15)16-17(3,4)5/h6H,1-5H3. The zero-order chi connectivity index (χ0) is 12.8. The Hall–Kier alpha value is -1.63. The number of aromatic nitrogens is 4. The average Bonchev–Trinajstić information content (AvgIpc) is 2.55. The highest BCUT2D eigenvalue weighted by molar-refractivity contribution is 6.70. The largest absolute Gasteiger partial charge is 0.519 e. The summed E-state index contributed by atoms with van der Waals surface area (Å²) < 4.78 is 8.92. The van der Waals surface area contributed by atoms with Gasteiger partial charge in [0.05, 0.1) is 6.33 Å². The molecule has 0 bridgehead atoms. The van der Waals surface area contributed by atoms with E-state index in [-0.39, 0.29) is 5.56 Å². The van der Waals surface area contributed by atoms with E-state index in [9.17, 15) is 4.79 Å². The van der Waals surface area contributed by atoms with Crippen LogP contribution in [0.3, 0.4) is 0 Å². The minimum absolute atomic E-state index is 0.177. The lowest BCUT2D eigenvalue weighted by Crippen LogP contribution is -2.33. The van der Waals surface area contributed by atoms with E-state index in [0.717, 1.165) is 0 Å². The summed E-state index contributed by atoms with van der Waals surface area (Å²) in [6.45, 7) is 6.14. The van der Waals surface area contributed by atoms with Crippen LogP contribution in [0, 0.1) is 0 Å². The van der Waals surface area contributed by atoms with Gasteiger partial charge in [0.2, 0.25) is 8.32 Å². The van der Waals surface area contributed by atoms with Gasteiger partial charge < -0.3 is 8.99 Å². The second-order valence-corrected chi connectivity index (χ2v) is 9.43. The average molecular weight is 252 g/mol. The fourth-order valence-electron chi connectivity index (χ4n) is 1.48. The summed E-state index contributed by atoms with van der Waals surface area (Å²) >= 11 is 0. The third-order valence-corrected chi connectivity index (χ3v) is 3.09. The molecule has 0 unspecified atom stereocenters. The minimum Gasteiger partial charge on any atom is -0.519 e. The lowest BCUT2D eigenvalue weighted by Gasteiger charge is -2.19. The summed E-state index contributed by atoms with van der Waals surface area (Å²) in [5, 5.41) is 0. The summed E-state index contributed by atoms with van der Waals surface area (Å²) in [6.07, 6.45) is 1.58. The molecule has 0 atom stereocenters. The molecule has 0 saturated heterocycles. The van der Waals surface area contributed by atoms with Crippen LogP contribution in [0.5, 0.6) is 6.01 Å². The first-order valence-electron chi connectivity index (χ1n) is 5.36. The smallest absolute Gasteiger partial charge is 0.287 e. The summed E-state index contributed by atoms with van der Waals surface area (Å²) in [5.74, 6) is 0. The summed E-state index contributed by atoms with van der Waals surface area (Å²) in [6, 6.07) is 0.366. The van der Waals surface area contributed by atoms with Crippen molar-refractivity contribution in [3.8, 4) is 6.01 Å². The zero-order valence-electron chi connectivity index (χ0n) is 10.7. The Morgan fingerprint density at radius 1 is 1.29 bits per heavy atom. The van der Waals surface area contributed by atoms with Crippen LogP contribution in [0.2, 0.25) is 19.6 Å². The second kappa shape index (κ2) is 3.69. The van der Waals surface area contributed by atoms with Gasteiger partial charge in [-0.25, -0.2) is 4.98 Å². The quantitative estimate of drug-likeness (QED) is 0.744. The maximum atomic E-state index is 12.0. The molecule has 0 fully saturated rings. The van der Waals surface area contributed by atoms with Gasteiger partial charge in [-0.05, 0) is 19.6 Å². The third-order valence-electron chi connectivity index (χ3n) is 2.30. The molecule has 0 spiro atoms. The molecule has 0 saturated carbocycles. The molecule has 2 rings (SSSR count). The van der Waals surface area contributed by atoms with E-state index >= 15 is 0 Å². The summed E-state index contributed by atoms with van der Waals surface area (Å²) in [4.78, 5) is 20.4. The summed E-state index contributed by atoms with van der Waals surface area (Å²) in [5.41, 5.74) is 0.753. The predicted molar refractivity (Wildman–Crippen MR) is 67.7 cm³/mol. The molecule has 2 aromatic heterocycles. The number of imidazole rings is 1. The van der Waals surface area contributed by atoms with Crippen molar-refractivity contribution in [2.24, 2.45) is 14.1 Å². The predicted octanol–water partition coefficient (Wildman–Crippen LogP) is 0.881. The van der Waals surface area contributed by atoms with Crippen LogP contribution in [-0.4, -0.2) is 27.4 Å². The third kappa shape index (κ3) is 2.10. The van der Waals surface area contributed by atoms with Gasteiger partial charge in [0.15, 0.2) is 11.2 Å². The van der Waals surface area contributed by atoms with Crippen LogP contribution in [0.1, 0.15) is 0 Å². The summed E-state index contributed by atoms with van der Waals surface area (Å²) in [7, 11) is 1.67. The fourth-order valence-corrected chi connectivity index (χ4v) is 2.21. The molecule has 2 aromatic rings. The maximum absolute atomic E-state index is 12.0. The van der Waals surface area contributed by atoms with Crippen molar-refractivity contribution in [2.75, 3.05) is 0 Å². The maximum Gasteiger partial charge on any atom is 0.287 e. The Kier molecular flexibility index (Phi) is 2.57. The van der Waals surface area contributed by atoms with E-state index in [0.29, 0.717) is 17.2 Å². The molecule has 0 aliphatic rings. The Balaban J connectivity index is 2.68. The Morgan fingerprint density at radius 3 is 2.53 bits per heavy atom. The van der Waals surface area contributed by atoms with Crippen molar-refractivity contribution >= 4 is 19.5 Å². The van der Waals surface area contributed by atoms with E-state index in [1.165, 1.54) is 4.57 Å². The van der Waals surface area contributed by atoms with E-state index < -0.39 is 8.32 Å². The van der Waals surface area contributed by atoms with E-state index in [1.54, 1.807) is 25.0 Å². The Bertz CT molecular complexity index is 623. The van der Waals surface area contributed by atoms with Gasteiger partial charge in [-0.2, -0.15) is 4.98 Å². The van der Waals surface area contributed by atoms with Crippen molar-refractivity contribution in [1.82, 2.24) is 19.1 Å². The highest BCUT2D eigenvalue weighted by Crippen LogP contribution is 2.14. The number of hydrogen-bond donors (Lipinski definition) is 0. The molecule has 0 amide bonds. The molecule has 7 heteroatoms. The van der Waals surface area contributed by atoms with Crippen LogP contribution in [0.25, 0.3) is 11.2 Å². The van der Waals surface area contributed by atoms with Gasteiger partial charge in [-0.3, -0.25) is 9.36 Å².